The number of hydrogen-bond acceptors (Lipinski definition) is 2. The Morgan fingerprint density at radius 1 is 1.21 bits per heavy atom. The number of allylic oxidation sites excluding steroid dienone is 2. The molecule has 0 bridgehead atoms. The van der Waals surface area contributed by atoms with E-state index in [9.17, 15) is 0 Å². The second-order valence-electron chi connectivity index (χ2n) is 1.80. The van der Waals surface area contributed by atoms with Gasteiger partial charge in [0.25, 0.3) is 0 Å². The highest BCUT2D eigenvalue weighted by Crippen LogP contribution is 1.84. The van der Waals surface area contributed by atoms with Gasteiger partial charge in [-0.15, -0.1) is 19.7 Å². The van der Waals surface area contributed by atoms with Gasteiger partial charge in [0.2, 0.25) is 0 Å². The predicted octanol–water partition coefficient (Wildman–Crippen LogP) is 4.54. The van der Waals surface area contributed by atoms with Crippen LogP contribution in [0.5, 0.6) is 0 Å². The maximum Gasteiger partial charge on any atom is 0.0848 e. The van der Waals surface area contributed by atoms with E-state index in [2.05, 4.69) is 39.8 Å². The van der Waals surface area contributed by atoms with Crippen LogP contribution in [0.3, 0.4) is 0 Å². The largest absolute Gasteiger partial charge is 0.516 e. The lowest BCUT2D eigenvalue weighted by Crippen LogP contribution is -1.66. The number of aliphatic hydroxyl groups is 2. The van der Waals surface area contributed by atoms with Crippen LogP contribution in [0.2, 0.25) is 0 Å². The van der Waals surface area contributed by atoms with Gasteiger partial charge < -0.3 is 10.2 Å². The summed E-state index contributed by atoms with van der Waals surface area (Å²) in [4.78, 5) is 0. The van der Waals surface area contributed by atoms with Crippen molar-refractivity contribution in [2.75, 3.05) is 0 Å². The second-order valence-corrected chi connectivity index (χ2v) is 1.80. The van der Waals surface area contributed by atoms with Gasteiger partial charge in [0.05, 0.1) is 12.0 Å². The van der Waals surface area contributed by atoms with Crippen molar-refractivity contribution in [2.24, 2.45) is 0 Å². The van der Waals surface area contributed by atoms with Crippen molar-refractivity contribution in [2.45, 2.75) is 26.7 Å². The lowest BCUT2D eigenvalue weighted by atomic mass is 10.4. The maximum atomic E-state index is 8.17. The third-order valence-corrected chi connectivity index (χ3v) is 0.697. The quantitative estimate of drug-likeness (QED) is 0.507. The molecule has 0 saturated heterocycles. The smallest absolute Gasteiger partial charge is 0.0848 e. The minimum atomic E-state index is 0.255. The van der Waals surface area contributed by atoms with Crippen LogP contribution < -0.4 is 0 Å². The van der Waals surface area contributed by atoms with E-state index >= 15 is 0 Å². The molecule has 2 nitrogen and oxygen atoms in total. The Hall–Kier alpha value is -1.44. The van der Waals surface area contributed by atoms with E-state index < -0.39 is 0 Å². The summed E-state index contributed by atoms with van der Waals surface area (Å²) >= 11 is 0. The summed E-state index contributed by atoms with van der Waals surface area (Å²) in [6, 6.07) is 0. The minimum Gasteiger partial charge on any atom is -0.516 e. The first-order valence-electron chi connectivity index (χ1n) is 4.33. The zero-order valence-corrected chi connectivity index (χ0v) is 9.50. The molecule has 0 spiro atoms. The van der Waals surface area contributed by atoms with Gasteiger partial charge in [0.1, 0.15) is 0 Å². The second kappa shape index (κ2) is 41.7. The van der Waals surface area contributed by atoms with Crippen LogP contribution in [0.15, 0.2) is 51.0 Å². The summed E-state index contributed by atoms with van der Waals surface area (Å²) in [5.74, 6) is 0.255. The van der Waals surface area contributed by atoms with Crippen LogP contribution in [-0.2, 0) is 0 Å². The van der Waals surface area contributed by atoms with E-state index in [4.69, 9.17) is 10.2 Å². The monoisotopic (exact) mass is 200 g/mol. The van der Waals surface area contributed by atoms with Crippen LogP contribution in [0, 0.1) is 0 Å². The van der Waals surface area contributed by atoms with Gasteiger partial charge in [-0.1, -0.05) is 33.1 Å². The maximum absolute atomic E-state index is 8.17. The molecule has 0 fully saturated rings. The fourth-order valence-corrected chi connectivity index (χ4v) is 0. The minimum absolute atomic E-state index is 0.255. The molecule has 0 unspecified atom stereocenters. The summed E-state index contributed by atoms with van der Waals surface area (Å²) in [6.45, 7) is 19.5. The Labute approximate surface area is 88.6 Å². The Morgan fingerprint density at radius 2 is 1.36 bits per heavy atom. The average molecular weight is 200 g/mol. The molecule has 84 valence electrons. The third kappa shape index (κ3) is 397. The summed E-state index contributed by atoms with van der Waals surface area (Å²) in [6.07, 6.45) is 4.38. The van der Waals surface area contributed by atoms with Crippen molar-refractivity contribution >= 4 is 0 Å². The van der Waals surface area contributed by atoms with Gasteiger partial charge in [0, 0.05) is 6.42 Å². The highest BCUT2D eigenvalue weighted by molar-refractivity contribution is 4.74. The zero-order valence-electron chi connectivity index (χ0n) is 9.50. The van der Waals surface area contributed by atoms with Crippen LogP contribution in [0.25, 0.3) is 0 Å². The predicted molar refractivity (Wildman–Crippen MR) is 66.6 cm³/mol. The lowest BCUT2D eigenvalue weighted by molar-refractivity contribution is 0.397. The van der Waals surface area contributed by atoms with Gasteiger partial charge in [0.15, 0.2) is 0 Å². The van der Waals surface area contributed by atoms with Gasteiger partial charge in [-0.2, -0.15) is 0 Å². The van der Waals surface area contributed by atoms with Gasteiger partial charge in [-0.05, 0) is 6.42 Å². The highest BCUT2D eigenvalue weighted by atomic mass is 16.3. The van der Waals surface area contributed by atoms with Crippen molar-refractivity contribution in [3.63, 3.8) is 0 Å². The van der Waals surface area contributed by atoms with Crippen molar-refractivity contribution in [1.82, 2.24) is 0 Å². The van der Waals surface area contributed by atoms with Crippen molar-refractivity contribution in [3.8, 4) is 0 Å². The Bertz CT molecular complexity index is 117. The fraction of sp³-hybridized carbons (Fsp3) is 0.333. The molecule has 0 saturated carbocycles. The van der Waals surface area contributed by atoms with Crippen LogP contribution >= 0.6 is 0 Å². The molecule has 0 aromatic carbocycles. The Morgan fingerprint density at radius 3 is 1.36 bits per heavy atom. The Kier molecular flexibility index (Phi) is 68.2. The van der Waals surface area contributed by atoms with Gasteiger partial charge in [-0.3, -0.25) is 0 Å². The molecule has 0 aromatic rings. The molecule has 0 aliphatic heterocycles. The molecule has 0 amide bonds. The molecule has 14 heavy (non-hydrogen) atoms. The van der Waals surface area contributed by atoms with E-state index in [-0.39, 0.29) is 5.76 Å². The SMILES string of the molecule is C=C.C=C(O)CC.C=CCC.C=CO. The first-order valence-corrected chi connectivity index (χ1v) is 4.33. The molecular formula is C12H24O2. The molecule has 2 heteroatoms. The first-order chi connectivity index (χ1) is 6.60. The van der Waals surface area contributed by atoms with E-state index in [1.807, 2.05) is 13.0 Å². The summed E-state index contributed by atoms with van der Waals surface area (Å²) in [5, 5.41) is 15.5. The third-order valence-electron chi connectivity index (χ3n) is 0.697. The van der Waals surface area contributed by atoms with E-state index in [1.165, 1.54) is 0 Å². The van der Waals surface area contributed by atoms with E-state index in [1.54, 1.807) is 0 Å². The molecule has 0 aliphatic rings. The summed E-state index contributed by atoms with van der Waals surface area (Å²) < 4.78 is 0. The topological polar surface area (TPSA) is 40.5 Å². The average Bonchev–Trinajstić information content (AvgIpc) is 2.22. The highest BCUT2D eigenvalue weighted by Gasteiger charge is 1.70. The number of hydrogen-bond donors (Lipinski definition) is 2. The number of aliphatic hydroxyl groups excluding tert-OH is 2. The molecule has 0 rings (SSSR count). The standard InChI is InChI=1S/C4H8O.C4H8.C2H4O.C2H4/c1-3-4(2)5;1-3-4-2;1-2-3;1-2/h5H,2-3H2,1H3;3H,1,4H2,2H3;2-3H,1H2;1-2H2. The molecule has 2 N–H and O–H groups in total. The van der Waals surface area contributed by atoms with Crippen LogP contribution in [0.4, 0.5) is 0 Å². The van der Waals surface area contributed by atoms with Gasteiger partial charge >= 0.3 is 0 Å². The zero-order chi connectivity index (χ0) is 12.4. The van der Waals surface area contributed by atoms with Gasteiger partial charge in [-0.25, -0.2) is 0 Å². The fourth-order valence-electron chi connectivity index (χ4n) is 0. The lowest BCUT2D eigenvalue weighted by Gasteiger charge is -1.80. The first kappa shape index (κ1) is 22.9. The van der Waals surface area contributed by atoms with E-state index in [0.29, 0.717) is 6.42 Å². The van der Waals surface area contributed by atoms with Crippen LogP contribution in [0.1, 0.15) is 26.7 Å². The summed E-state index contributed by atoms with van der Waals surface area (Å²) in [5.41, 5.74) is 0. The molecular weight excluding hydrogens is 176 g/mol. The molecule has 0 aliphatic carbocycles. The Balaban J connectivity index is -0.0000000505. The van der Waals surface area contributed by atoms with Crippen molar-refractivity contribution in [3.05, 3.63) is 51.0 Å². The van der Waals surface area contributed by atoms with Crippen LogP contribution in [-0.4, -0.2) is 10.2 Å². The van der Waals surface area contributed by atoms with Crippen molar-refractivity contribution < 1.29 is 10.2 Å². The normalized spacial score (nSPS) is 5.57. The number of rotatable bonds is 2. The van der Waals surface area contributed by atoms with Crippen molar-refractivity contribution in [1.29, 1.82) is 0 Å². The molecule has 0 heterocycles. The molecule has 0 atom stereocenters. The molecule has 0 radical (unpaired) electrons. The van der Waals surface area contributed by atoms with E-state index in [0.717, 1.165) is 12.7 Å². The molecule has 0 aromatic heterocycles. The summed E-state index contributed by atoms with van der Waals surface area (Å²) in [7, 11) is 0.